The van der Waals surface area contributed by atoms with Crippen LogP contribution in [0.4, 0.5) is 10.6 Å². The fraction of sp³-hybridized carbons (Fsp3) is 0.700. The van der Waals surface area contributed by atoms with Crippen LogP contribution in [-0.2, 0) is 4.74 Å². The molecule has 1 amide bonds. The van der Waals surface area contributed by atoms with Crippen LogP contribution in [0.15, 0.2) is 18.3 Å². The zero-order valence-electron chi connectivity index (χ0n) is 16.4. The monoisotopic (exact) mass is 347 g/mol. The molecule has 25 heavy (non-hydrogen) atoms. The lowest BCUT2D eigenvalue weighted by Crippen LogP contribution is -2.38. The van der Waals surface area contributed by atoms with Crippen LogP contribution < -0.4 is 4.90 Å². The molecule has 1 aromatic rings. The van der Waals surface area contributed by atoms with E-state index in [-0.39, 0.29) is 6.09 Å². The van der Waals surface area contributed by atoms with Gasteiger partial charge in [0.2, 0.25) is 0 Å². The molecule has 0 unspecified atom stereocenters. The Morgan fingerprint density at radius 2 is 2.08 bits per heavy atom. The van der Waals surface area contributed by atoms with Gasteiger partial charge < -0.3 is 4.74 Å². The van der Waals surface area contributed by atoms with Crippen LogP contribution in [0.25, 0.3) is 0 Å². The topological polar surface area (TPSA) is 45.7 Å². The van der Waals surface area contributed by atoms with Gasteiger partial charge in [-0.15, -0.1) is 0 Å². The second kappa shape index (κ2) is 8.65. The third-order valence-corrected chi connectivity index (χ3v) is 4.51. The van der Waals surface area contributed by atoms with Crippen LogP contribution >= 0.6 is 0 Å². The average Bonchev–Trinajstić information content (AvgIpc) is 2.58. The summed E-state index contributed by atoms with van der Waals surface area (Å²) in [7, 11) is 0. The van der Waals surface area contributed by atoms with Crippen LogP contribution in [0.1, 0.15) is 71.9 Å². The molecule has 0 aromatic carbocycles. The molecule has 0 radical (unpaired) electrons. The molecule has 0 N–H and O–H groups in total. The molecule has 0 bridgehead atoms. The fourth-order valence-corrected chi connectivity index (χ4v) is 3.34. The second-order valence-corrected chi connectivity index (χ2v) is 7.72. The third kappa shape index (κ3) is 5.43. The Hall–Kier alpha value is -1.62. The molecule has 0 spiro atoms. The molecule has 2 rings (SSSR count). The quantitative estimate of drug-likeness (QED) is 0.769. The number of likely N-dealkylation sites (tertiary alicyclic amines) is 1. The largest absolute Gasteiger partial charge is 0.443 e. The van der Waals surface area contributed by atoms with Crippen molar-refractivity contribution in [2.45, 2.75) is 71.9 Å². The molecular formula is C20H33N3O2. The zero-order chi connectivity index (χ0) is 18.4. The number of anilines is 1. The number of piperidine rings is 1. The standard InChI is InChI=1S/C20H33N3O2/c1-6-13-23(19(24)25-20(3,4)5)18-12-11-16(15-21-18)17-10-8-9-14-22(17)7-2/h11-12,15,17H,6-10,13-14H2,1-5H3/t17-/m0/s1. The number of aromatic nitrogens is 1. The summed E-state index contributed by atoms with van der Waals surface area (Å²) in [6.07, 6.45) is 6.18. The molecule has 140 valence electrons. The molecule has 1 aromatic heterocycles. The van der Waals surface area contributed by atoms with E-state index in [1.54, 1.807) is 4.90 Å². The highest BCUT2D eigenvalue weighted by molar-refractivity contribution is 5.86. The molecule has 0 aliphatic carbocycles. The molecule has 1 aliphatic heterocycles. The normalized spacial score (nSPS) is 18.8. The van der Waals surface area contributed by atoms with Crippen molar-refractivity contribution >= 4 is 11.9 Å². The summed E-state index contributed by atoms with van der Waals surface area (Å²) in [5.41, 5.74) is 0.734. The molecule has 1 aliphatic rings. The van der Waals surface area contributed by atoms with E-state index in [1.165, 1.54) is 24.8 Å². The Morgan fingerprint density at radius 3 is 2.64 bits per heavy atom. The Kier molecular flexibility index (Phi) is 6.82. The fourth-order valence-electron chi connectivity index (χ4n) is 3.34. The zero-order valence-corrected chi connectivity index (χ0v) is 16.4. The van der Waals surface area contributed by atoms with E-state index in [2.05, 4.69) is 22.9 Å². The Labute approximate surface area is 152 Å². The molecule has 1 fully saturated rings. The van der Waals surface area contributed by atoms with E-state index in [4.69, 9.17) is 4.74 Å². The summed E-state index contributed by atoms with van der Waals surface area (Å²) in [4.78, 5) is 21.2. The molecule has 5 heteroatoms. The van der Waals surface area contributed by atoms with E-state index in [0.717, 1.165) is 19.5 Å². The van der Waals surface area contributed by atoms with Gasteiger partial charge in [-0.3, -0.25) is 9.80 Å². The van der Waals surface area contributed by atoms with Gasteiger partial charge >= 0.3 is 6.09 Å². The molecule has 1 atom stereocenters. The summed E-state index contributed by atoms with van der Waals surface area (Å²) in [5.74, 6) is 0.665. The highest BCUT2D eigenvalue weighted by atomic mass is 16.6. The van der Waals surface area contributed by atoms with Crippen molar-refractivity contribution in [3.63, 3.8) is 0 Å². The van der Waals surface area contributed by atoms with Gasteiger partial charge in [-0.25, -0.2) is 9.78 Å². The van der Waals surface area contributed by atoms with Crippen molar-refractivity contribution < 1.29 is 9.53 Å². The summed E-state index contributed by atoms with van der Waals surface area (Å²) in [6.45, 7) is 12.7. The van der Waals surface area contributed by atoms with Crippen molar-refractivity contribution in [3.8, 4) is 0 Å². The van der Waals surface area contributed by atoms with Gasteiger partial charge in [-0.2, -0.15) is 0 Å². The molecule has 0 saturated carbocycles. The summed E-state index contributed by atoms with van der Waals surface area (Å²) in [5, 5.41) is 0. The first-order chi connectivity index (χ1) is 11.9. The van der Waals surface area contributed by atoms with Gasteiger partial charge in [0.15, 0.2) is 0 Å². The Balaban J connectivity index is 2.16. The lowest BCUT2D eigenvalue weighted by molar-refractivity contribution is 0.0579. The van der Waals surface area contributed by atoms with E-state index in [1.807, 2.05) is 40.0 Å². The minimum absolute atomic E-state index is 0.331. The van der Waals surface area contributed by atoms with Crippen molar-refractivity contribution in [2.24, 2.45) is 0 Å². The highest BCUT2D eigenvalue weighted by Gasteiger charge is 2.25. The number of rotatable bonds is 5. The van der Waals surface area contributed by atoms with Crippen molar-refractivity contribution in [3.05, 3.63) is 23.9 Å². The van der Waals surface area contributed by atoms with Crippen LogP contribution in [0, 0.1) is 0 Å². The summed E-state index contributed by atoms with van der Waals surface area (Å²) < 4.78 is 5.53. The third-order valence-electron chi connectivity index (χ3n) is 4.51. The molecule has 2 heterocycles. The van der Waals surface area contributed by atoms with E-state index >= 15 is 0 Å². The lowest BCUT2D eigenvalue weighted by Gasteiger charge is -2.35. The number of nitrogens with zero attached hydrogens (tertiary/aromatic N) is 3. The second-order valence-electron chi connectivity index (χ2n) is 7.72. The van der Waals surface area contributed by atoms with E-state index in [9.17, 15) is 4.79 Å². The molecular weight excluding hydrogens is 314 g/mol. The predicted octanol–water partition coefficient (Wildman–Crippen LogP) is 4.78. The smallest absolute Gasteiger partial charge is 0.416 e. The molecule has 5 nitrogen and oxygen atoms in total. The first kappa shape index (κ1) is 19.7. The minimum atomic E-state index is -0.507. The van der Waals surface area contributed by atoms with Gasteiger partial charge in [0.05, 0.1) is 0 Å². The summed E-state index contributed by atoms with van der Waals surface area (Å²) >= 11 is 0. The van der Waals surface area contributed by atoms with Crippen LogP contribution in [0.5, 0.6) is 0 Å². The van der Waals surface area contributed by atoms with Crippen LogP contribution in [0.2, 0.25) is 0 Å². The maximum atomic E-state index is 12.5. The molecule has 1 saturated heterocycles. The van der Waals surface area contributed by atoms with Gasteiger partial charge in [-0.05, 0) is 64.8 Å². The maximum absolute atomic E-state index is 12.5. The van der Waals surface area contributed by atoms with Crippen LogP contribution in [0.3, 0.4) is 0 Å². The highest BCUT2D eigenvalue weighted by Crippen LogP contribution is 2.31. The number of hydrogen-bond acceptors (Lipinski definition) is 4. The Bertz CT molecular complexity index is 551. The van der Waals surface area contributed by atoms with Crippen molar-refractivity contribution in [1.29, 1.82) is 0 Å². The van der Waals surface area contributed by atoms with Gasteiger partial charge in [0.25, 0.3) is 0 Å². The number of carbonyl (C=O) groups excluding carboxylic acids is 1. The number of ether oxygens (including phenoxy) is 1. The van der Waals surface area contributed by atoms with E-state index < -0.39 is 5.60 Å². The number of amides is 1. The first-order valence-electron chi connectivity index (χ1n) is 9.56. The van der Waals surface area contributed by atoms with E-state index in [0.29, 0.717) is 18.4 Å². The number of carbonyl (C=O) groups is 1. The predicted molar refractivity (Wildman–Crippen MR) is 102 cm³/mol. The minimum Gasteiger partial charge on any atom is -0.443 e. The first-order valence-corrected chi connectivity index (χ1v) is 9.56. The van der Waals surface area contributed by atoms with Crippen LogP contribution in [-0.4, -0.2) is 41.2 Å². The van der Waals surface area contributed by atoms with Gasteiger partial charge in [0, 0.05) is 18.8 Å². The van der Waals surface area contributed by atoms with Gasteiger partial charge in [0.1, 0.15) is 11.4 Å². The Morgan fingerprint density at radius 1 is 1.32 bits per heavy atom. The number of hydrogen-bond donors (Lipinski definition) is 0. The SMILES string of the molecule is CCCN(C(=O)OC(C)(C)C)c1ccc([C@@H]2CCCCN2CC)cn1. The maximum Gasteiger partial charge on any atom is 0.416 e. The number of pyridine rings is 1. The van der Waals surface area contributed by atoms with Crippen molar-refractivity contribution in [2.75, 3.05) is 24.5 Å². The average molecular weight is 348 g/mol. The lowest BCUT2D eigenvalue weighted by atomic mass is 9.96. The van der Waals surface area contributed by atoms with Gasteiger partial charge in [-0.1, -0.05) is 26.3 Å². The van der Waals surface area contributed by atoms with Crippen molar-refractivity contribution in [1.82, 2.24) is 9.88 Å². The summed E-state index contributed by atoms with van der Waals surface area (Å²) in [6, 6.07) is 4.52.